The lowest BCUT2D eigenvalue weighted by molar-refractivity contribution is -0.110. The summed E-state index contributed by atoms with van der Waals surface area (Å²) in [4.78, 5) is 10.8. The second-order valence-electron chi connectivity index (χ2n) is 3.59. The van der Waals surface area contributed by atoms with Gasteiger partial charge < -0.3 is 9.53 Å². The van der Waals surface area contributed by atoms with E-state index in [1.807, 2.05) is 6.92 Å². The Hall–Kier alpha value is -1.38. The third-order valence-electron chi connectivity index (χ3n) is 2.45. The van der Waals surface area contributed by atoms with Crippen molar-refractivity contribution in [2.24, 2.45) is 0 Å². The minimum absolute atomic E-state index is 0.0168. The zero-order chi connectivity index (χ0) is 10.1. The van der Waals surface area contributed by atoms with Crippen LogP contribution in [-0.2, 0) is 4.79 Å². The van der Waals surface area contributed by atoms with E-state index in [1.165, 1.54) is 12.1 Å². The summed E-state index contributed by atoms with van der Waals surface area (Å²) in [5.74, 6) is 0.0699. The molecule has 1 aliphatic heterocycles. The quantitative estimate of drug-likeness (QED) is 0.641. The van der Waals surface area contributed by atoms with E-state index in [9.17, 15) is 9.18 Å². The van der Waals surface area contributed by atoms with Crippen LogP contribution in [0.25, 0.3) is 0 Å². The van der Waals surface area contributed by atoms with Gasteiger partial charge in [-0.1, -0.05) is 0 Å². The molecule has 0 saturated heterocycles. The summed E-state index contributed by atoms with van der Waals surface area (Å²) in [6.07, 6.45) is 1.50. The molecule has 1 aliphatic rings. The summed E-state index contributed by atoms with van der Waals surface area (Å²) in [6.45, 7) is 1.91. The zero-order valence-corrected chi connectivity index (χ0v) is 7.87. The molecule has 74 valence electrons. The molecule has 0 amide bonds. The van der Waals surface area contributed by atoms with Crippen molar-refractivity contribution >= 4 is 6.29 Å². The summed E-state index contributed by atoms with van der Waals surface area (Å²) < 4.78 is 18.4. The number of carbonyl (C=O) groups excluding carboxylic acids is 1. The van der Waals surface area contributed by atoms with E-state index in [2.05, 4.69) is 0 Å². The van der Waals surface area contributed by atoms with Crippen LogP contribution < -0.4 is 4.74 Å². The average Bonchev–Trinajstić information content (AvgIpc) is 2.17. The molecular formula is C11H11FO2. The standard InChI is InChI=1S/C11H11FO2/c1-7-4-8(6-13)10-5-9(12)2-3-11(10)14-7/h2-3,5-8H,4H2,1H3. The number of benzene rings is 1. The van der Waals surface area contributed by atoms with Gasteiger partial charge in [-0.25, -0.2) is 4.39 Å². The number of fused-ring (bicyclic) bond motifs is 1. The molecule has 2 atom stereocenters. The number of carbonyl (C=O) groups is 1. The first-order chi connectivity index (χ1) is 6.70. The van der Waals surface area contributed by atoms with Crippen LogP contribution in [0.3, 0.4) is 0 Å². The molecular weight excluding hydrogens is 183 g/mol. The van der Waals surface area contributed by atoms with Gasteiger partial charge in [0.25, 0.3) is 0 Å². The predicted octanol–water partition coefficient (Wildman–Crippen LogP) is 2.28. The number of aldehydes is 1. The minimum atomic E-state index is -0.325. The van der Waals surface area contributed by atoms with Gasteiger partial charge >= 0.3 is 0 Å². The van der Waals surface area contributed by atoms with Gasteiger partial charge in [-0.05, 0) is 31.5 Å². The molecule has 0 spiro atoms. The molecule has 2 unspecified atom stereocenters. The predicted molar refractivity (Wildman–Crippen MR) is 49.9 cm³/mol. The molecule has 2 nitrogen and oxygen atoms in total. The van der Waals surface area contributed by atoms with Crippen molar-refractivity contribution in [1.29, 1.82) is 0 Å². The van der Waals surface area contributed by atoms with Crippen LogP contribution in [0.1, 0.15) is 24.8 Å². The molecule has 0 saturated carbocycles. The van der Waals surface area contributed by atoms with Crippen molar-refractivity contribution in [1.82, 2.24) is 0 Å². The number of hydrogen-bond donors (Lipinski definition) is 0. The molecule has 0 radical (unpaired) electrons. The lowest BCUT2D eigenvalue weighted by Gasteiger charge is -2.27. The van der Waals surface area contributed by atoms with E-state index in [0.29, 0.717) is 17.7 Å². The van der Waals surface area contributed by atoms with Crippen molar-refractivity contribution in [3.63, 3.8) is 0 Å². The summed E-state index contributed by atoms with van der Waals surface area (Å²) in [5.41, 5.74) is 0.665. The maximum atomic E-state index is 12.9. The van der Waals surface area contributed by atoms with Crippen molar-refractivity contribution < 1.29 is 13.9 Å². The zero-order valence-electron chi connectivity index (χ0n) is 7.87. The van der Waals surface area contributed by atoms with E-state index in [1.54, 1.807) is 6.07 Å². The van der Waals surface area contributed by atoms with Crippen molar-refractivity contribution in [3.8, 4) is 5.75 Å². The Morgan fingerprint density at radius 1 is 1.57 bits per heavy atom. The number of halogens is 1. The highest BCUT2D eigenvalue weighted by atomic mass is 19.1. The summed E-state index contributed by atoms with van der Waals surface area (Å²) in [7, 11) is 0. The third kappa shape index (κ3) is 1.50. The Bertz CT molecular complexity index is 362. The second-order valence-corrected chi connectivity index (χ2v) is 3.59. The summed E-state index contributed by atoms with van der Waals surface area (Å²) in [6, 6.07) is 4.30. The lowest BCUT2D eigenvalue weighted by Crippen LogP contribution is -2.23. The van der Waals surface area contributed by atoms with Gasteiger partial charge in [0.2, 0.25) is 0 Å². The van der Waals surface area contributed by atoms with Crippen LogP contribution in [0.5, 0.6) is 5.75 Å². The maximum Gasteiger partial charge on any atom is 0.127 e. The molecule has 0 bridgehead atoms. The minimum Gasteiger partial charge on any atom is -0.490 e. The Kier molecular flexibility index (Phi) is 2.23. The van der Waals surface area contributed by atoms with Gasteiger partial charge in [0.15, 0.2) is 0 Å². The van der Waals surface area contributed by atoms with E-state index < -0.39 is 0 Å². The van der Waals surface area contributed by atoms with Crippen molar-refractivity contribution in [2.45, 2.75) is 25.4 Å². The molecule has 1 heterocycles. The van der Waals surface area contributed by atoms with Gasteiger partial charge in [0.1, 0.15) is 17.9 Å². The highest BCUT2D eigenvalue weighted by Crippen LogP contribution is 2.35. The van der Waals surface area contributed by atoms with Crippen molar-refractivity contribution in [2.75, 3.05) is 0 Å². The fourth-order valence-electron chi connectivity index (χ4n) is 1.79. The van der Waals surface area contributed by atoms with Crippen LogP contribution in [-0.4, -0.2) is 12.4 Å². The van der Waals surface area contributed by atoms with E-state index in [-0.39, 0.29) is 17.8 Å². The molecule has 0 fully saturated rings. The normalized spacial score (nSPS) is 25.0. The maximum absolute atomic E-state index is 12.9. The van der Waals surface area contributed by atoms with Crippen LogP contribution >= 0.6 is 0 Å². The topological polar surface area (TPSA) is 26.3 Å². The highest BCUT2D eigenvalue weighted by Gasteiger charge is 2.25. The monoisotopic (exact) mass is 194 g/mol. The van der Waals surface area contributed by atoms with E-state index >= 15 is 0 Å². The van der Waals surface area contributed by atoms with E-state index in [0.717, 1.165) is 6.29 Å². The molecule has 14 heavy (non-hydrogen) atoms. The number of rotatable bonds is 1. The lowest BCUT2D eigenvalue weighted by atomic mass is 9.91. The largest absolute Gasteiger partial charge is 0.490 e. The Morgan fingerprint density at radius 2 is 2.36 bits per heavy atom. The first-order valence-corrected chi connectivity index (χ1v) is 4.62. The molecule has 1 aromatic rings. The SMILES string of the molecule is CC1CC(C=O)c2cc(F)ccc2O1. The van der Waals surface area contributed by atoms with Crippen LogP contribution in [0.15, 0.2) is 18.2 Å². The Labute approximate surface area is 81.7 Å². The molecule has 3 heteroatoms. The molecule has 0 aromatic heterocycles. The highest BCUT2D eigenvalue weighted by molar-refractivity contribution is 5.65. The first-order valence-electron chi connectivity index (χ1n) is 4.62. The van der Waals surface area contributed by atoms with Gasteiger partial charge in [0.05, 0.1) is 6.10 Å². The smallest absolute Gasteiger partial charge is 0.127 e. The third-order valence-corrected chi connectivity index (χ3v) is 2.45. The van der Waals surface area contributed by atoms with E-state index in [4.69, 9.17) is 4.74 Å². The molecule has 1 aromatic carbocycles. The van der Waals surface area contributed by atoms with Gasteiger partial charge in [-0.15, -0.1) is 0 Å². The van der Waals surface area contributed by atoms with Crippen molar-refractivity contribution in [3.05, 3.63) is 29.6 Å². The fourth-order valence-corrected chi connectivity index (χ4v) is 1.79. The molecule has 0 aliphatic carbocycles. The summed E-state index contributed by atoms with van der Waals surface area (Å²) >= 11 is 0. The van der Waals surface area contributed by atoms with Gasteiger partial charge in [-0.3, -0.25) is 0 Å². The molecule has 2 rings (SSSR count). The van der Waals surface area contributed by atoms with Gasteiger partial charge in [-0.2, -0.15) is 0 Å². The Balaban J connectivity index is 2.46. The molecule has 0 N–H and O–H groups in total. The van der Waals surface area contributed by atoms with Crippen LogP contribution in [0.4, 0.5) is 4.39 Å². The average molecular weight is 194 g/mol. The second kappa shape index (κ2) is 3.40. The first kappa shape index (κ1) is 9.19. The summed E-state index contributed by atoms with van der Waals surface area (Å²) in [5, 5.41) is 0. The fraction of sp³-hybridized carbons (Fsp3) is 0.364. The number of ether oxygens (including phenoxy) is 1. The number of hydrogen-bond acceptors (Lipinski definition) is 2. The van der Waals surface area contributed by atoms with Crippen LogP contribution in [0.2, 0.25) is 0 Å². The van der Waals surface area contributed by atoms with Crippen LogP contribution in [0, 0.1) is 5.82 Å². The van der Waals surface area contributed by atoms with Gasteiger partial charge in [0, 0.05) is 11.5 Å². The Morgan fingerprint density at radius 3 is 3.07 bits per heavy atom.